The van der Waals surface area contributed by atoms with Gasteiger partial charge in [-0.3, -0.25) is 0 Å². The van der Waals surface area contributed by atoms with Gasteiger partial charge in [0, 0.05) is 20.1 Å². The van der Waals surface area contributed by atoms with Crippen molar-refractivity contribution in [3.63, 3.8) is 0 Å². The first kappa shape index (κ1) is 15.1. The topological polar surface area (TPSA) is 60.9 Å². The first-order valence-electron chi connectivity index (χ1n) is 7.48. The minimum atomic E-state index is -0.892. The molecule has 3 atom stereocenters. The van der Waals surface area contributed by atoms with Crippen molar-refractivity contribution in [3.05, 3.63) is 0 Å². The number of rotatable bonds is 3. The summed E-state index contributed by atoms with van der Waals surface area (Å²) in [7, 11) is 1.79. The monoisotopic (exact) mass is 282 g/mol. The van der Waals surface area contributed by atoms with Crippen molar-refractivity contribution < 1.29 is 14.7 Å². The summed E-state index contributed by atoms with van der Waals surface area (Å²) in [5.41, 5.74) is -0.368. The Morgan fingerprint density at radius 2 is 2.00 bits per heavy atom. The molecule has 2 fully saturated rings. The molecule has 2 rings (SSSR count). The van der Waals surface area contributed by atoms with Gasteiger partial charge in [0.15, 0.2) is 0 Å². The average molecular weight is 282 g/mol. The van der Waals surface area contributed by atoms with Crippen LogP contribution in [0.3, 0.4) is 0 Å². The van der Waals surface area contributed by atoms with Crippen LogP contribution in [-0.2, 0) is 4.79 Å². The number of carboxylic acids is 1. The van der Waals surface area contributed by atoms with Crippen molar-refractivity contribution in [2.45, 2.75) is 46.1 Å². The molecule has 2 amide bonds. The highest BCUT2D eigenvalue weighted by Crippen LogP contribution is 2.39. The Labute approximate surface area is 120 Å². The number of carboxylic acid groups (broad SMARTS) is 1. The Morgan fingerprint density at radius 3 is 2.50 bits per heavy atom. The third kappa shape index (κ3) is 2.91. The maximum absolute atomic E-state index is 12.6. The van der Waals surface area contributed by atoms with Crippen molar-refractivity contribution in [1.82, 2.24) is 9.80 Å². The molecule has 1 aliphatic carbocycles. The van der Waals surface area contributed by atoms with Gasteiger partial charge < -0.3 is 14.9 Å². The van der Waals surface area contributed by atoms with Crippen molar-refractivity contribution in [1.29, 1.82) is 0 Å². The number of likely N-dealkylation sites (tertiary alicyclic amines) is 1. The summed E-state index contributed by atoms with van der Waals surface area (Å²) in [6, 6.07) is -0.855. The third-order valence-corrected chi connectivity index (χ3v) is 4.86. The quantitative estimate of drug-likeness (QED) is 0.863. The maximum atomic E-state index is 12.6. The summed E-state index contributed by atoms with van der Waals surface area (Å²) in [5.74, 6) is 0.389. The Morgan fingerprint density at radius 1 is 1.40 bits per heavy atom. The van der Waals surface area contributed by atoms with E-state index in [0.717, 1.165) is 19.4 Å². The second kappa shape index (κ2) is 5.26. The van der Waals surface area contributed by atoms with E-state index in [4.69, 9.17) is 0 Å². The molecule has 3 unspecified atom stereocenters. The molecule has 1 saturated carbocycles. The molecule has 0 aromatic heterocycles. The number of nitrogens with zero attached hydrogens (tertiary/aromatic N) is 2. The van der Waals surface area contributed by atoms with Gasteiger partial charge in [-0.15, -0.1) is 0 Å². The number of hydrogen-bond donors (Lipinski definition) is 1. The first-order valence-corrected chi connectivity index (χ1v) is 7.48. The molecule has 5 heteroatoms. The smallest absolute Gasteiger partial charge is 0.327 e. The van der Waals surface area contributed by atoms with Crippen LogP contribution in [0.2, 0.25) is 0 Å². The summed E-state index contributed by atoms with van der Waals surface area (Å²) >= 11 is 0. The lowest BCUT2D eigenvalue weighted by Gasteiger charge is -2.45. The number of carbonyl (C=O) groups is 2. The second-order valence-corrected chi connectivity index (χ2v) is 7.16. The number of carbonyl (C=O) groups excluding carboxylic acids is 1. The van der Waals surface area contributed by atoms with Gasteiger partial charge in [-0.05, 0) is 36.5 Å². The van der Waals surface area contributed by atoms with E-state index >= 15 is 0 Å². The molecule has 0 aromatic rings. The maximum Gasteiger partial charge on any atom is 0.327 e. The minimum Gasteiger partial charge on any atom is -0.480 e. The normalized spacial score (nSPS) is 31.8. The number of amides is 2. The van der Waals surface area contributed by atoms with Gasteiger partial charge in [0.2, 0.25) is 0 Å². The van der Waals surface area contributed by atoms with Crippen LogP contribution in [0.5, 0.6) is 0 Å². The van der Waals surface area contributed by atoms with Crippen molar-refractivity contribution in [2.24, 2.45) is 17.3 Å². The van der Waals surface area contributed by atoms with Crippen LogP contribution in [0.1, 0.15) is 40.0 Å². The van der Waals surface area contributed by atoms with Crippen LogP contribution < -0.4 is 0 Å². The molecule has 1 N–H and O–H groups in total. The molecule has 0 spiro atoms. The Hall–Kier alpha value is -1.26. The minimum absolute atomic E-state index is 0.135. The van der Waals surface area contributed by atoms with Crippen molar-refractivity contribution in [2.75, 3.05) is 20.1 Å². The Bertz CT molecular complexity index is 408. The molecule has 5 nitrogen and oxygen atoms in total. The summed E-state index contributed by atoms with van der Waals surface area (Å²) < 4.78 is 0. The zero-order valence-corrected chi connectivity index (χ0v) is 12.9. The molecular formula is C15H26N2O3. The van der Waals surface area contributed by atoms with Crippen LogP contribution in [-0.4, -0.2) is 53.1 Å². The average Bonchev–Trinajstić information content (AvgIpc) is 3.01. The lowest BCUT2D eigenvalue weighted by molar-refractivity contribution is -0.148. The van der Waals surface area contributed by atoms with Crippen molar-refractivity contribution >= 4 is 12.0 Å². The zero-order chi connectivity index (χ0) is 15.1. The molecule has 1 aliphatic heterocycles. The SMILES string of the molecule is CC1CC1CN(C)C(=O)N1CCCC(C)(C)C1C(=O)O. The molecule has 1 saturated heterocycles. The standard InChI is InChI=1S/C15H26N2O3/c1-10-8-11(10)9-16(4)14(20)17-7-5-6-15(2,3)12(17)13(18)19/h10-12H,5-9H2,1-4H3,(H,18,19). The van der Waals surface area contributed by atoms with Crippen LogP contribution in [0.25, 0.3) is 0 Å². The van der Waals surface area contributed by atoms with Crippen LogP contribution >= 0.6 is 0 Å². The fourth-order valence-corrected chi connectivity index (χ4v) is 3.37. The van der Waals surface area contributed by atoms with Crippen molar-refractivity contribution in [3.8, 4) is 0 Å². The summed E-state index contributed by atoms with van der Waals surface area (Å²) in [4.78, 5) is 27.4. The highest BCUT2D eigenvalue weighted by Gasteiger charge is 2.45. The van der Waals surface area contributed by atoms with Gasteiger partial charge in [-0.2, -0.15) is 0 Å². The number of piperidine rings is 1. The lowest BCUT2D eigenvalue weighted by Crippen LogP contribution is -2.59. The lowest BCUT2D eigenvalue weighted by atomic mass is 9.76. The molecule has 0 radical (unpaired) electrons. The Kier molecular flexibility index (Phi) is 3.98. The van der Waals surface area contributed by atoms with Gasteiger partial charge in [-0.25, -0.2) is 9.59 Å². The fourth-order valence-electron chi connectivity index (χ4n) is 3.37. The van der Waals surface area contributed by atoms with E-state index in [1.54, 1.807) is 16.8 Å². The largest absolute Gasteiger partial charge is 0.480 e. The second-order valence-electron chi connectivity index (χ2n) is 7.16. The van der Waals surface area contributed by atoms with E-state index < -0.39 is 12.0 Å². The van der Waals surface area contributed by atoms with Gasteiger partial charge in [-0.1, -0.05) is 20.8 Å². The van der Waals surface area contributed by atoms with E-state index in [1.165, 1.54) is 6.42 Å². The van der Waals surface area contributed by atoms with Crippen LogP contribution in [0.15, 0.2) is 0 Å². The van der Waals surface area contributed by atoms with E-state index in [1.807, 2.05) is 13.8 Å². The molecule has 114 valence electrons. The number of aliphatic carboxylic acids is 1. The molecule has 20 heavy (non-hydrogen) atoms. The van der Waals surface area contributed by atoms with E-state index in [9.17, 15) is 14.7 Å². The predicted octanol–water partition coefficient (Wildman–Crippen LogP) is 2.27. The van der Waals surface area contributed by atoms with E-state index in [-0.39, 0.29) is 11.4 Å². The van der Waals surface area contributed by atoms with Gasteiger partial charge in [0.05, 0.1) is 0 Å². The molecule has 0 aromatic carbocycles. The molecule has 2 aliphatic rings. The fraction of sp³-hybridized carbons (Fsp3) is 0.867. The first-order chi connectivity index (χ1) is 9.24. The molecular weight excluding hydrogens is 256 g/mol. The number of urea groups is 1. The summed E-state index contributed by atoms with van der Waals surface area (Å²) in [6.07, 6.45) is 2.89. The number of hydrogen-bond acceptors (Lipinski definition) is 2. The highest BCUT2D eigenvalue weighted by atomic mass is 16.4. The van der Waals surface area contributed by atoms with Gasteiger partial charge in [0.1, 0.15) is 6.04 Å². The van der Waals surface area contributed by atoms with Crippen LogP contribution in [0, 0.1) is 17.3 Å². The molecule has 1 heterocycles. The van der Waals surface area contributed by atoms with Gasteiger partial charge >= 0.3 is 12.0 Å². The van der Waals surface area contributed by atoms with E-state index in [0.29, 0.717) is 18.4 Å². The van der Waals surface area contributed by atoms with E-state index in [2.05, 4.69) is 6.92 Å². The predicted molar refractivity (Wildman–Crippen MR) is 76.4 cm³/mol. The zero-order valence-electron chi connectivity index (χ0n) is 12.9. The molecule has 0 bridgehead atoms. The summed E-state index contributed by atoms with van der Waals surface area (Å²) in [6.45, 7) is 7.35. The van der Waals surface area contributed by atoms with Crippen LogP contribution in [0.4, 0.5) is 4.79 Å². The highest BCUT2D eigenvalue weighted by molar-refractivity contribution is 5.83. The van der Waals surface area contributed by atoms with Gasteiger partial charge in [0.25, 0.3) is 0 Å². The Balaban J connectivity index is 2.07. The summed E-state index contributed by atoms with van der Waals surface area (Å²) in [5, 5.41) is 9.50. The third-order valence-electron chi connectivity index (χ3n) is 4.86.